The van der Waals surface area contributed by atoms with Gasteiger partial charge < -0.3 is 18.9 Å². The number of rotatable bonds is 27. The molecule has 366 valence electrons. The predicted octanol–water partition coefficient (Wildman–Crippen LogP) is 12.9. The van der Waals surface area contributed by atoms with Gasteiger partial charge in [-0.15, -0.1) is 0 Å². The van der Waals surface area contributed by atoms with Crippen molar-refractivity contribution in [3.8, 4) is 23.0 Å². The smallest absolute Gasteiger partial charge is 0.185 e. The van der Waals surface area contributed by atoms with Crippen LogP contribution >= 0.6 is 20.5 Å². The summed E-state index contributed by atoms with van der Waals surface area (Å²) < 4.78 is 30.9. The molecule has 20 heteroatoms. The number of aldehydes is 1. The number of carbonyl (C=O) groups excluding carboxylic acids is 1. The van der Waals surface area contributed by atoms with Gasteiger partial charge in [-0.2, -0.15) is 15.3 Å². The van der Waals surface area contributed by atoms with Crippen molar-refractivity contribution >= 4 is 80.9 Å². The van der Waals surface area contributed by atoms with Crippen LogP contribution in [0, 0.1) is 0 Å². The maximum Gasteiger partial charge on any atom is 0.185 e. The molecule has 68 heavy (non-hydrogen) atoms. The second-order valence-electron chi connectivity index (χ2n) is 17.2. The minimum Gasteiger partial charge on any atom is -0.481 e. The number of azide groups is 1. The van der Waals surface area contributed by atoms with Crippen molar-refractivity contribution in [2.24, 2.45) is 20.4 Å². The summed E-state index contributed by atoms with van der Waals surface area (Å²) >= 11 is 18.2. The molecule has 0 heterocycles. The van der Waals surface area contributed by atoms with Gasteiger partial charge in [-0.1, -0.05) is 69.0 Å². The average Bonchev–Trinajstić information content (AvgIpc) is 3.32. The normalized spacial score (nSPS) is 15.8. The van der Waals surface area contributed by atoms with Crippen LogP contribution in [0.1, 0.15) is 115 Å². The summed E-state index contributed by atoms with van der Waals surface area (Å²) in [6.45, 7) is 10.9. The summed E-state index contributed by atoms with van der Waals surface area (Å²) in [6.07, 6.45) is 9.92. The molecule has 4 aromatic rings. The van der Waals surface area contributed by atoms with Crippen LogP contribution < -0.4 is 18.9 Å². The van der Waals surface area contributed by atoms with Gasteiger partial charge in [0.1, 0.15) is 45.3 Å². The minimum atomic E-state index is -1.73. The van der Waals surface area contributed by atoms with Gasteiger partial charge in [0.15, 0.2) is 5.72 Å². The molecule has 0 radical (unpaired) electrons. The maximum absolute atomic E-state index is 11.0. The van der Waals surface area contributed by atoms with Crippen LogP contribution in [0.5, 0.6) is 23.0 Å². The summed E-state index contributed by atoms with van der Waals surface area (Å²) in [4.78, 5) is 14.0. The van der Waals surface area contributed by atoms with Gasteiger partial charge in [-0.3, -0.25) is 19.1 Å². The van der Waals surface area contributed by atoms with Crippen LogP contribution in [0.2, 0.25) is 0 Å². The van der Waals surface area contributed by atoms with E-state index in [4.69, 9.17) is 70.1 Å². The Bertz CT molecular complexity index is 2500. The molecule has 4 aromatic carbocycles. The second kappa shape index (κ2) is 25.9. The fourth-order valence-electron chi connectivity index (χ4n) is 6.91. The van der Waals surface area contributed by atoms with Gasteiger partial charge >= 0.3 is 0 Å². The van der Waals surface area contributed by atoms with E-state index < -0.39 is 42.3 Å². The summed E-state index contributed by atoms with van der Waals surface area (Å²) in [5.74, 6) is 2.68. The zero-order valence-corrected chi connectivity index (χ0v) is 46.3. The molecule has 4 rings (SSSR count). The van der Waals surface area contributed by atoms with E-state index in [1.165, 1.54) is 0 Å². The molecule has 0 amide bonds. The molecule has 0 spiro atoms. The lowest BCUT2D eigenvalue weighted by Gasteiger charge is -2.35. The maximum atomic E-state index is 11.0. The fraction of sp³-hybridized carbons (Fsp3) is 0.417. The summed E-state index contributed by atoms with van der Waals surface area (Å²) in [5, 5.41) is 16.1. The zero-order chi connectivity index (χ0) is 50.1. The lowest BCUT2D eigenvalue weighted by molar-refractivity contribution is 0.0857. The van der Waals surface area contributed by atoms with Crippen molar-refractivity contribution in [3.63, 3.8) is 0 Å². The van der Waals surface area contributed by atoms with Gasteiger partial charge in [0.05, 0.1) is 39.2 Å². The number of hydrogen-bond donors (Lipinski definition) is 0. The largest absolute Gasteiger partial charge is 0.481 e. The Morgan fingerprint density at radius 1 is 0.544 bits per heavy atom. The Kier molecular flexibility index (Phi) is 21.3. The number of benzene rings is 4. The highest BCUT2D eigenvalue weighted by Gasteiger charge is 2.33. The number of hydrazone groups is 3. The first-order chi connectivity index (χ1) is 32.2. The van der Waals surface area contributed by atoms with Crippen molar-refractivity contribution in [2.45, 2.75) is 109 Å². The monoisotopic (exact) mass is 1040 g/mol. The number of nitrogens with zero attached hydrogens (tertiary/aromatic N) is 9. The Hall–Kier alpha value is -4.58. The molecule has 0 aromatic heterocycles. The highest BCUT2D eigenvalue weighted by molar-refractivity contribution is 8.05. The van der Waals surface area contributed by atoms with Gasteiger partial charge in [-0.05, 0) is 178 Å². The predicted molar refractivity (Wildman–Crippen MR) is 295 cm³/mol. The molecule has 0 bridgehead atoms. The first-order valence-corrected chi connectivity index (χ1v) is 30.1. The first kappa shape index (κ1) is 56.0. The molecular weight excluding hydrogens is 972 g/mol. The minimum absolute atomic E-state index is 0.586. The molecule has 0 saturated carbocycles. The van der Waals surface area contributed by atoms with E-state index in [0.717, 1.165) is 42.2 Å². The third-order valence-electron chi connectivity index (χ3n) is 10.9. The third-order valence-corrected chi connectivity index (χ3v) is 23.2. The van der Waals surface area contributed by atoms with E-state index in [1.807, 2.05) is 131 Å². The highest BCUT2D eigenvalue weighted by Crippen LogP contribution is 2.48. The van der Waals surface area contributed by atoms with E-state index in [9.17, 15) is 4.79 Å². The third kappa shape index (κ3) is 16.3. The topological polar surface area (TPSA) is 150 Å². The second-order valence-corrected chi connectivity index (χ2v) is 27.8. The fourth-order valence-corrected chi connectivity index (χ4v) is 12.5. The van der Waals surface area contributed by atoms with Crippen molar-refractivity contribution in [1.29, 1.82) is 0 Å². The quantitative estimate of drug-likeness (QED) is 0.0107. The lowest BCUT2D eigenvalue weighted by atomic mass is 10.1. The van der Waals surface area contributed by atoms with Crippen molar-refractivity contribution in [3.05, 3.63) is 130 Å². The number of hydrogen-bond acceptors (Lipinski definition) is 12. The van der Waals surface area contributed by atoms with Crippen LogP contribution in [0.15, 0.2) is 117 Å². The molecule has 0 fully saturated rings. The average molecular weight is 1040 g/mol. The lowest BCUT2D eigenvalue weighted by Crippen LogP contribution is -2.31. The van der Waals surface area contributed by atoms with Crippen molar-refractivity contribution in [1.82, 2.24) is 14.3 Å². The van der Waals surface area contributed by atoms with Crippen molar-refractivity contribution < 1.29 is 23.7 Å². The van der Waals surface area contributed by atoms with Gasteiger partial charge in [-0.25, -0.2) is 0 Å². The van der Waals surface area contributed by atoms with Crippen molar-refractivity contribution in [2.75, 3.05) is 21.1 Å². The first-order valence-electron chi connectivity index (χ1n) is 22.4. The Morgan fingerprint density at radius 2 is 0.897 bits per heavy atom. The Balaban J connectivity index is 1.33. The Labute approximate surface area is 420 Å². The molecular formula is C48H66N9O5P3S3. The molecule has 6 atom stereocenters. The van der Waals surface area contributed by atoms with Crippen LogP contribution in [-0.4, -0.2) is 82.2 Å². The van der Waals surface area contributed by atoms with Crippen LogP contribution in [-0.2, 0) is 35.4 Å². The van der Waals surface area contributed by atoms with Gasteiger partial charge in [0, 0.05) is 31.6 Å². The highest BCUT2D eigenvalue weighted by atomic mass is 32.4. The van der Waals surface area contributed by atoms with E-state index >= 15 is 0 Å². The standard InChI is InChI=1S/C48H66N9O5P3S3/c1-12-31-46(6,53-54-49)60-42-23-15-37(16-24-42)35-52-57(11)65(68)48(8,32-13-2)62-44-27-19-39(20-28-44)34-51-56(10)64(67)47(7,14-3)61-43-25-17-38(18-26-43)33-50-55(9)63(66)45(4,5)59-41-29-21-40(36-58)22-30-41/h15-30,33-36,63-65H,12-14,31-32H2,1-11H3/b50-33+,51-34+,52-35+. The molecule has 14 nitrogen and oxygen atoms in total. The SMILES string of the molecule is CCCC(C)(N=[N+]=[N-])Oc1ccc(/C=N/N(C)[PH](=S)C(C)(CCC)Oc2ccc(/C=N/N(C)[PH](=S)C(C)(CC)Oc3ccc(/C=N/N(C)[PH](=S)C(C)(C)Oc4ccc(C=O)cc4)cc3)cc2)cc1. The Morgan fingerprint density at radius 3 is 1.28 bits per heavy atom. The summed E-state index contributed by atoms with van der Waals surface area (Å²) in [7, 11) is 5.66. The number of carbonyl (C=O) groups is 1. The molecule has 0 aliphatic carbocycles. The molecule has 6 unspecified atom stereocenters. The van der Waals surface area contributed by atoms with E-state index in [1.54, 1.807) is 54.6 Å². The van der Waals surface area contributed by atoms with E-state index in [-0.39, 0.29) is 0 Å². The molecule has 0 aliphatic rings. The zero-order valence-electron chi connectivity index (χ0n) is 40.9. The van der Waals surface area contributed by atoms with Gasteiger partial charge in [0.2, 0.25) is 0 Å². The summed E-state index contributed by atoms with van der Waals surface area (Å²) in [6, 6.07) is 30.0. The van der Waals surface area contributed by atoms with Gasteiger partial charge in [0.25, 0.3) is 0 Å². The molecule has 0 aliphatic heterocycles. The van der Waals surface area contributed by atoms with E-state index in [0.29, 0.717) is 41.4 Å². The molecule has 0 N–H and O–H groups in total. The van der Waals surface area contributed by atoms with Crippen LogP contribution in [0.3, 0.4) is 0 Å². The number of ether oxygens (including phenoxy) is 4. The molecule has 0 saturated heterocycles. The summed E-state index contributed by atoms with van der Waals surface area (Å²) in [5.41, 5.74) is 11.3. The van der Waals surface area contributed by atoms with Crippen LogP contribution in [0.25, 0.3) is 10.4 Å². The van der Waals surface area contributed by atoms with E-state index in [2.05, 4.69) is 35.9 Å². The van der Waals surface area contributed by atoms with Crippen LogP contribution in [0.4, 0.5) is 0 Å².